The quantitative estimate of drug-likeness (QED) is 0.724. The molecule has 0 fully saturated rings. The highest BCUT2D eigenvalue weighted by Crippen LogP contribution is 2.20. The maximum atomic E-state index is 5.16. The summed E-state index contributed by atoms with van der Waals surface area (Å²) in [5.41, 5.74) is 3.22. The highest BCUT2D eigenvalue weighted by atomic mass is 16.5. The monoisotopic (exact) mass is 189 g/mol. The molecule has 14 heavy (non-hydrogen) atoms. The van der Waals surface area contributed by atoms with Gasteiger partial charge in [-0.15, -0.1) is 0 Å². The first-order valence-electron chi connectivity index (χ1n) is 5.01. The van der Waals surface area contributed by atoms with E-state index in [0.29, 0.717) is 5.92 Å². The average Bonchev–Trinajstić information content (AvgIpc) is 2.47. The van der Waals surface area contributed by atoms with Gasteiger partial charge in [-0.25, -0.2) is 0 Å². The summed E-state index contributed by atoms with van der Waals surface area (Å²) < 4.78 is 5.16. The predicted molar refractivity (Wildman–Crippen MR) is 57.3 cm³/mol. The number of hydrogen-bond acceptors (Lipinski definition) is 2. The van der Waals surface area contributed by atoms with Gasteiger partial charge < -0.3 is 4.52 Å². The zero-order valence-corrected chi connectivity index (χ0v) is 8.87. The van der Waals surface area contributed by atoms with Crippen LogP contribution in [-0.2, 0) is 6.42 Å². The molecule has 0 N–H and O–H groups in total. The Bertz CT molecular complexity index is 443. The van der Waals surface area contributed by atoms with E-state index in [-0.39, 0.29) is 0 Å². The number of rotatable bonds is 2. The second kappa shape index (κ2) is 3.45. The van der Waals surface area contributed by atoms with Crippen LogP contribution in [0.1, 0.15) is 25.1 Å². The Balaban J connectivity index is 2.44. The molecule has 0 aliphatic heterocycles. The van der Waals surface area contributed by atoms with E-state index in [1.807, 2.05) is 13.0 Å². The fraction of sp³-hybridized carbons (Fsp3) is 0.417. The maximum absolute atomic E-state index is 5.16. The second-order valence-corrected chi connectivity index (χ2v) is 4.20. The van der Waals surface area contributed by atoms with Crippen molar-refractivity contribution < 1.29 is 4.52 Å². The van der Waals surface area contributed by atoms with Crippen LogP contribution in [0.2, 0.25) is 0 Å². The molecule has 0 atom stereocenters. The lowest BCUT2D eigenvalue weighted by molar-refractivity contribution is 0.450. The summed E-state index contributed by atoms with van der Waals surface area (Å²) >= 11 is 0. The molecule has 2 aromatic rings. The summed E-state index contributed by atoms with van der Waals surface area (Å²) in [6, 6.07) is 6.31. The van der Waals surface area contributed by atoms with Crippen molar-refractivity contribution in [1.82, 2.24) is 5.16 Å². The molecule has 0 amide bonds. The van der Waals surface area contributed by atoms with Gasteiger partial charge in [0.2, 0.25) is 0 Å². The van der Waals surface area contributed by atoms with E-state index in [0.717, 1.165) is 23.1 Å². The molecule has 74 valence electrons. The fourth-order valence-corrected chi connectivity index (χ4v) is 1.70. The minimum absolute atomic E-state index is 0.688. The van der Waals surface area contributed by atoms with Crippen molar-refractivity contribution in [2.45, 2.75) is 27.2 Å². The van der Waals surface area contributed by atoms with E-state index < -0.39 is 0 Å². The maximum Gasteiger partial charge on any atom is 0.167 e. The molecule has 2 heteroatoms. The smallest absolute Gasteiger partial charge is 0.167 e. The standard InChI is InChI=1S/C12H15NO/c1-8(2)6-10-4-5-12-11(7-10)9(3)13-14-12/h4-5,7-8H,6H2,1-3H3. The van der Waals surface area contributed by atoms with Crippen LogP contribution in [0.15, 0.2) is 22.7 Å². The molecule has 0 unspecified atom stereocenters. The van der Waals surface area contributed by atoms with Gasteiger partial charge in [0.1, 0.15) is 0 Å². The molecule has 0 saturated heterocycles. The van der Waals surface area contributed by atoms with Crippen molar-refractivity contribution in [3.05, 3.63) is 29.5 Å². The van der Waals surface area contributed by atoms with Gasteiger partial charge in [-0.1, -0.05) is 25.1 Å². The summed E-state index contributed by atoms with van der Waals surface area (Å²) in [6.45, 7) is 6.43. The van der Waals surface area contributed by atoms with Gasteiger partial charge in [0.05, 0.1) is 5.69 Å². The van der Waals surface area contributed by atoms with E-state index in [4.69, 9.17) is 4.52 Å². The third kappa shape index (κ3) is 1.65. The first kappa shape index (κ1) is 9.25. The second-order valence-electron chi connectivity index (χ2n) is 4.20. The summed E-state index contributed by atoms with van der Waals surface area (Å²) in [5.74, 6) is 0.688. The van der Waals surface area contributed by atoms with Crippen LogP contribution in [-0.4, -0.2) is 5.16 Å². The van der Waals surface area contributed by atoms with Gasteiger partial charge in [-0.05, 0) is 37.0 Å². The van der Waals surface area contributed by atoms with E-state index in [1.54, 1.807) is 0 Å². The third-order valence-corrected chi connectivity index (χ3v) is 2.36. The Kier molecular flexibility index (Phi) is 2.28. The van der Waals surface area contributed by atoms with E-state index in [1.165, 1.54) is 5.56 Å². The number of aromatic nitrogens is 1. The Morgan fingerprint density at radius 3 is 2.86 bits per heavy atom. The zero-order chi connectivity index (χ0) is 10.1. The number of aryl methyl sites for hydroxylation is 1. The first-order chi connectivity index (χ1) is 6.66. The molecule has 0 spiro atoms. The molecular weight excluding hydrogens is 174 g/mol. The summed E-state index contributed by atoms with van der Waals surface area (Å²) in [6.07, 6.45) is 1.11. The van der Waals surface area contributed by atoms with Gasteiger partial charge in [0, 0.05) is 5.39 Å². The molecule has 2 rings (SSSR count). The van der Waals surface area contributed by atoms with Crippen LogP contribution >= 0.6 is 0 Å². The van der Waals surface area contributed by atoms with Crippen molar-refractivity contribution in [2.75, 3.05) is 0 Å². The van der Waals surface area contributed by atoms with Crippen molar-refractivity contribution in [2.24, 2.45) is 5.92 Å². The summed E-state index contributed by atoms with van der Waals surface area (Å²) in [7, 11) is 0. The molecule has 0 saturated carbocycles. The van der Waals surface area contributed by atoms with Gasteiger partial charge >= 0.3 is 0 Å². The van der Waals surface area contributed by atoms with Gasteiger partial charge in [0.25, 0.3) is 0 Å². The average molecular weight is 189 g/mol. The highest BCUT2D eigenvalue weighted by molar-refractivity contribution is 5.79. The van der Waals surface area contributed by atoms with Gasteiger partial charge in [-0.2, -0.15) is 0 Å². The molecule has 0 bridgehead atoms. The third-order valence-electron chi connectivity index (χ3n) is 2.36. The Morgan fingerprint density at radius 2 is 2.14 bits per heavy atom. The van der Waals surface area contributed by atoms with Gasteiger partial charge in [-0.3, -0.25) is 0 Å². The van der Waals surface area contributed by atoms with Crippen LogP contribution in [0.25, 0.3) is 11.0 Å². The summed E-state index contributed by atoms with van der Waals surface area (Å²) in [4.78, 5) is 0. The number of benzene rings is 1. The van der Waals surface area contributed by atoms with E-state index >= 15 is 0 Å². The van der Waals surface area contributed by atoms with Crippen molar-refractivity contribution in [1.29, 1.82) is 0 Å². The Hall–Kier alpha value is -1.31. The van der Waals surface area contributed by atoms with Crippen molar-refractivity contribution in [3.8, 4) is 0 Å². The molecular formula is C12H15NO. The molecule has 2 nitrogen and oxygen atoms in total. The largest absolute Gasteiger partial charge is 0.356 e. The number of nitrogens with zero attached hydrogens (tertiary/aromatic N) is 1. The fourth-order valence-electron chi connectivity index (χ4n) is 1.70. The minimum atomic E-state index is 0.688. The lowest BCUT2D eigenvalue weighted by Gasteiger charge is -2.03. The number of fused-ring (bicyclic) bond motifs is 1. The van der Waals surface area contributed by atoms with E-state index in [2.05, 4.69) is 31.1 Å². The van der Waals surface area contributed by atoms with Gasteiger partial charge in [0.15, 0.2) is 5.58 Å². The van der Waals surface area contributed by atoms with Crippen LogP contribution in [0, 0.1) is 12.8 Å². The lowest BCUT2D eigenvalue weighted by atomic mass is 10.0. The molecule has 1 aromatic heterocycles. The van der Waals surface area contributed by atoms with Crippen LogP contribution < -0.4 is 0 Å². The summed E-state index contributed by atoms with van der Waals surface area (Å²) in [5, 5.41) is 5.08. The zero-order valence-electron chi connectivity index (χ0n) is 8.87. The highest BCUT2D eigenvalue weighted by Gasteiger charge is 2.05. The topological polar surface area (TPSA) is 26.0 Å². The lowest BCUT2D eigenvalue weighted by Crippen LogP contribution is -1.93. The Labute approximate surface area is 83.9 Å². The minimum Gasteiger partial charge on any atom is -0.356 e. The predicted octanol–water partition coefficient (Wildman–Crippen LogP) is 3.33. The van der Waals surface area contributed by atoms with Crippen molar-refractivity contribution in [3.63, 3.8) is 0 Å². The SMILES string of the molecule is Cc1noc2ccc(CC(C)C)cc12. The first-order valence-corrected chi connectivity index (χ1v) is 5.01. The van der Waals surface area contributed by atoms with Crippen LogP contribution in [0.3, 0.4) is 0 Å². The van der Waals surface area contributed by atoms with Crippen molar-refractivity contribution >= 4 is 11.0 Å². The molecule has 0 aliphatic carbocycles. The normalized spacial score (nSPS) is 11.4. The van der Waals surface area contributed by atoms with E-state index in [9.17, 15) is 0 Å². The molecule has 0 radical (unpaired) electrons. The van der Waals surface area contributed by atoms with Crippen LogP contribution in [0.4, 0.5) is 0 Å². The number of hydrogen-bond donors (Lipinski definition) is 0. The molecule has 0 aliphatic rings. The molecule has 1 aromatic carbocycles. The molecule has 1 heterocycles. The van der Waals surface area contributed by atoms with Crippen LogP contribution in [0.5, 0.6) is 0 Å². The Morgan fingerprint density at radius 1 is 1.36 bits per heavy atom.